The maximum atomic E-state index is 6.35. The molecule has 21 heavy (non-hydrogen) atoms. The van der Waals surface area contributed by atoms with Crippen LogP contribution in [0.3, 0.4) is 0 Å². The van der Waals surface area contributed by atoms with Crippen molar-refractivity contribution in [3.8, 4) is 5.69 Å². The van der Waals surface area contributed by atoms with Gasteiger partial charge in [0.1, 0.15) is 5.82 Å². The van der Waals surface area contributed by atoms with E-state index in [-0.39, 0.29) is 0 Å². The van der Waals surface area contributed by atoms with Gasteiger partial charge in [-0.15, -0.1) is 11.6 Å². The van der Waals surface area contributed by atoms with Crippen LogP contribution < -0.4 is 0 Å². The van der Waals surface area contributed by atoms with E-state index in [1.165, 1.54) is 0 Å². The van der Waals surface area contributed by atoms with Crippen molar-refractivity contribution in [1.82, 2.24) is 9.55 Å². The van der Waals surface area contributed by atoms with Crippen molar-refractivity contribution in [3.63, 3.8) is 0 Å². The van der Waals surface area contributed by atoms with E-state index in [2.05, 4.69) is 4.98 Å². The van der Waals surface area contributed by atoms with Gasteiger partial charge >= 0.3 is 0 Å². The number of aromatic nitrogens is 2. The molecule has 0 N–H and O–H groups in total. The van der Waals surface area contributed by atoms with Gasteiger partial charge in [-0.25, -0.2) is 4.98 Å². The topological polar surface area (TPSA) is 17.8 Å². The molecule has 3 rings (SSSR count). The van der Waals surface area contributed by atoms with Crippen LogP contribution in [0.25, 0.3) is 16.7 Å². The highest BCUT2D eigenvalue weighted by Gasteiger charge is 2.17. The Hall–Kier alpha value is -0.930. The van der Waals surface area contributed by atoms with E-state index in [4.69, 9.17) is 46.4 Å². The van der Waals surface area contributed by atoms with Gasteiger partial charge in [0.2, 0.25) is 0 Å². The number of nitrogens with zero attached hydrogens (tertiary/aromatic N) is 2. The minimum absolute atomic E-state index is 0.457. The van der Waals surface area contributed by atoms with Crippen molar-refractivity contribution in [2.24, 2.45) is 0 Å². The SMILES string of the molecule is ClCCc1nc2cccc(Cl)c2n1-c1cccc(Cl)c1Cl. The summed E-state index contributed by atoms with van der Waals surface area (Å²) in [7, 11) is 0. The number of halogens is 4. The van der Waals surface area contributed by atoms with Crippen LogP contribution in [0.15, 0.2) is 36.4 Å². The second-order valence-electron chi connectivity index (χ2n) is 4.48. The van der Waals surface area contributed by atoms with Crippen molar-refractivity contribution in [2.75, 3.05) is 5.88 Å². The summed E-state index contributed by atoms with van der Waals surface area (Å²) in [6.45, 7) is 0. The molecule has 6 heteroatoms. The molecule has 0 amide bonds. The standard InChI is InChI=1S/C15H10Cl4N2/c16-8-7-13-20-11-5-1-4-10(18)15(11)21(13)12-6-2-3-9(17)14(12)19/h1-6H,7-8H2. The molecule has 0 saturated carbocycles. The van der Waals surface area contributed by atoms with Gasteiger partial charge in [0.05, 0.1) is 31.8 Å². The summed E-state index contributed by atoms with van der Waals surface area (Å²) in [5.74, 6) is 1.26. The van der Waals surface area contributed by atoms with Crippen LogP contribution in [-0.4, -0.2) is 15.4 Å². The Balaban J connectivity index is 2.39. The fourth-order valence-electron chi connectivity index (χ4n) is 2.31. The Morgan fingerprint density at radius 1 is 0.952 bits per heavy atom. The number of benzene rings is 2. The molecule has 0 aliphatic carbocycles. The fraction of sp³-hybridized carbons (Fsp3) is 0.133. The molecule has 2 aromatic carbocycles. The number of hydrogen-bond acceptors (Lipinski definition) is 1. The van der Waals surface area contributed by atoms with E-state index >= 15 is 0 Å². The van der Waals surface area contributed by atoms with Crippen molar-refractivity contribution in [2.45, 2.75) is 6.42 Å². The molecule has 0 aliphatic heterocycles. The van der Waals surface area contributed by atoms with Crippen molar-refractivity contribution in [1.29, 1.82) is 0 Å². The number of aryl methyl sites for hydroxylation is 1. The van der Waals surface area contributed by atoms with Crippen LogP contribution in [0.4, 0.5) is 0 Å². The Morgan fingerprint density at radius 3 is 2.43 bits per heavy atom. The number of para-hydroxylation sites is 1. The molecule has 108 valence electrons. The number of rotatable bonds is 3. The largest absolute Gasteiger partial charge is 0.293 e. The molecule has 0 fully saturated rings. The predicted molar refractivity (Wildman–Crippen MR) is 90.5 cm³/mol. The number of fused-ring (bicyclic) bond motifs is 1. The highest BCUT2D eigenvalue weighted by atomic mass is 35.5. The summed E-state index contributed by atoms with van der Waals surface area (Å²) < 4.78 is 1.92. The molecule has 1 aromatic heterocycles. The van der Waals surface area contributed by atoms with Gasteiger partial charge in [0, 0.05) is 12.3 Å². The minimum atomic E-state index is 0.457. The van der Waals surface area contributed by atoms with E-state index in [1.807, 2.05) is 34.9 Å². The summed E-state index contributed by atoms with van der Waals surface area (Å²) in [6, 6.07) is 11.1. The molecule has 3 aromatic rings. The molecular weight excluding hydrogens is 350 g/mol. The molecule has 0 unspecified atom stereocenters. The van der Waals surface area contributed by atoms with Crippen molar-refractivity contribution >= 4 is 57.4 Å². The fourth-order valence-corrected chi connectivity index (χ4v) is 3.11. The van der Waals surface area contributed by atoms with Gasteiger partial charge in [0.15, 0.2) is 0 Å². The zero-order chi connectivity index (χ0) is 15.0. The summed E-state index contributed by atoms with van der Waals surface area (Å²) in [4.78, 5) is 4.60. The van der Waals surface area contributed by atoms with Crippen LogP contribution >= 0.6 is 46.4 Å². The third kappa shape index (κ3) is 2.62. The lowest BCUT2D eigenvalue weighted by molar-refractivity contribution is 0.912. The monoisotopic (exact) mass is 358 g/mol. The normalized spacial score (nSPS) is 11.2. The second-order valence-corrected chi connectivity index (χ2v) is 6.05. The summed E-state index contributed by atoms with van der Waals surface area (Å²) in [6.07, 6.45) is 0.607. The van der Waals surface area contributed by atoms with Crippen LogP contribution in [0.5, 0.6) is 0 Å². The molecule has 0 radical (unpaired) electrons. The molecule has 0 bridgehead atoms. The number of alkyl halides is 1. The van der Waals surface area contributed by atoms with Gasteiger partial charge < -0.3 is 0 Å². The molecule has 0 saturated heterocycles. The third-order valence-electron chi connectivity index (χ3n) is 3.19. The maximum absolute atomic E-state index is 6.35. The quantitative estimate of drug-likeness (QED) is 0.543. The van der Waals surface area contributed by atoms with E-state index in [1.54, 1.807) is 6.07 Å². The minimum Gasteiger partial charge on any atom is -0.293 e. The smallest absolute Gasteiger partial charge is 0.115 e. The first-order valence-electron chi connectivity index (χ1n) is 6.29. The van der Waals surface area contributed by atoms with Crippen LogP contribution in [0.2, 0.25) is 15.1 Å². The highest BCUT2D eigenvalue weighted by Crippen LogP contribution is 2.34. The average molecular weight is 360 g/mol. The zero-order valence-corrected chi connectivity index (χ0v) is 13.8. The molecule has 0 atom stereocenters. The molecule has 0 aliphatic rings. The van der Waals surface area contributed by atoms with Gasteiger partial charge in [-0.3, -0.25) is 4.57 Å². The van der Waals surface area contributed by atoms with E-state index in [9.17, 15) is 0 Å². The third-order valence-corrected chi connectivity index (χ3v) is 4.49. The lowest BCUT2D eigenvalue weighted by Crippen LogP contribution is -2.03. The maximum Gasteiger partial charge on any atom is 0.115 e. The van der Waals surface area contributed by atoms with Crippen molar-refractivity contribution < 1.29 is 0 Å². The molecule has 0 spiro atoms. The average Bonchev–Trinajstić information content (AvgIpc) is 2.82. The van der Waals surface area contributed by atoms with E-state index < -0.39 is 0 Å². The number of imidazole rings is 1. The van der Waals surface area contributed by atoms with E-state index in [0.717, 1.165) is 22.5 Å². The predicted octanol–water partition coefficient (Wildman–Crippen LogP) is 5.77. The van der Waals surface area contributed by atoms with Crippen LogP contribution in [0, 0.1) is 0 Å². The summed E-state index contributed by atoms with van der Waals surface area (Å²) >= 11 is 24.7. The van der Waals surface area contributed by atoms with Gasteiger partial charge in [-0.1, -0.05) is 46.9 Å². The molecule has 1 heterocycles. The lowest BCUT2D eigenvalue weighted by atomic mass is 10.2. The van der Waals surface area contributed by atoms with Crippen LogP contribution in [-0.2, 0) is 6.42 Å². The first-order valence-corrected chi connectivity index (χ1v) is 7.96. The van der Waals surface area contributed by atoms with E-state index in [0.29, 0.717) is 27.4 Å². The summed E-state index contributed by atoms with van der Waals surface area (Å²) in [5.41, 5.74) is 2.36. The number of hydrogen-bond donors (Lipinski definition) is 0. The molecule has 2 nitrogen and oxygen atoms in total. The molecular formula is C15H10Cl4N2. The van der Waals surface area contributed by atoms with Gasteiger partial charge in [-0.05, 0) is 24.3 Å². The second kappa shape index (κ2) is 6.05. The summed E-state index contributed by atoms with van der Waals surface area (Å²) in [5, 5.41) is 1.56. The zero-order valence-electron chi connectivity index (χ0n) is 10.8. The lowest BCUT2D eigenvalue weighted by Gasteiger charge is -2.12. The first kappa shape index (κ1) is 15.0. The van der Waals surface area contributed by atoms with Gasteiger partial charge in [-0.2, -0.15) is 0 Å². The Morgan fingerprint density at radius 2 is 1.67 bits per heavy atom. The first-order chi connectivity index (χ1) is 10.1. The highest BCUT2D eigenvalue weighted by molar-refractivity contribution is 6.43. The van der Waals surface area contributed by atoms with Crippen LogP contribution in [0.1, 0.15) is 5.82 Å². The Bertz CT molecular complexity index is 811. The Kier molecular flexibility index (Phi) is 4.32. The Labute approximate surface area is 142 Å². The van der Waals surface area contributed by atoms with Crippen molar-refractivity contribution in [3.05, 3.63) is 57.3 Å². The van der Waals surface area contributed by atoms with Gasteiger partial charge in [0.25, 0.3) is 0 Å².